The van der Waals surface area contributed by atoms with E-state index in [9.17, 15) is 0 Å². The smallest absolute Gasteiger partial charge is 0.196 e. The summed E-state index contributed by atoms with van der Waals surface area (Å²) >= 11 is 0. The fourth-order valence-electron chi connectivity index (χ4n) is 6.31. The van der Waals surface area contributed by atoms with E-state index in [1.807, 2.05) is 0 Å². The van der Waals surface area contributed by atoms with Crippen LogP contribution in [0.15, 0.2) is 15.0 Å². The van der Waals surface area contributed by atoms with Crippen LogP contribution in [0.1, 0.15) is 78.1 Å². The van der Waals surface area contributed by atoms with Gasteiger partial charge in [0.15, 0.2) is 5.96 Å². The lowest BCUT2D eigenvalue weighted by molar-refractivity contribution is 0.269. The molecule has 0 aromatic carbocycles. The van der Waals surface area contributed by atoms with E-state index in [1.165, 1.54) is 128 Å². The zero-order chi connectivity index (χ0) is 24.5. The van der Waals surface area contributed by atoms with Gasteiger partial charge in [0, 0.05) is 84.3 Å². The maximum atomic E-state index is 4.64. The van der Waals surface area contributed by atoms with Crippen LogP contribution in [-0.2, 0) is 0 Å². The van der Waals surface area contributed by atoms with E-state index in [2.05, 4.69) is 55.5 Å². The molecular formula is C28H51N7. The third-order valence-corrected chi connectivity index (χ3v) is 8.26. The summed E-state index contributed by atoms with van der Waals surface area (Å²) in [6.07, 6.45) is 13.2. The lowest BCUT2D eigenvalue weighted by Gasteiger charge is -2.39. The second-order valence-corrected chi connectivity index (χ2v) is 11.3. The molecule has 0 saturated carbocycles. The molecule has 0 radical (unpaired) electrons. The molecule has 0 N–H and O–H groups in total. The lowest BCUT2D eigenvalue weighted by Crippen LogP contribution is -2.50. The van der Waals surface area contributed by atoms with Gasteiger partial charge in [0.2, 0.25) is 0 Å². The molecular weight excluding hydrogens is 434 g/mol. The Balaban J connectivity index is 0.000000124. The van der Waals surface area contributed by atoms with Crippen molar-refractivity contribution in [3.8, 4) is 0 Å². The number of amidine groups is 2. The predicted octanol–water partition coefficient (Wildman–Crippen LogP) is 4.20. The topological polar surface area (TPSA) is 50.0 Å². The summed E-state index contributed by atoms with van der Waals surface area (Å²) in [6.45, 7) is 16.4. The highest BCUT2D eigenvalue weighted by Crippen LogP contribution is 2.22. The van der Waals surface area contributed by atoms with Gasteiger partial charge in [-0.25, -0.2) is 0 Å². The quantitative estimate of drug-likeness (QED) is 0.516. The standard InChI is InChI=1S/2C10H18N2.C8H15N3/c2*1-9-5-2-3-7-12-8-4-6-11-10(9)12;1-10-5-3-7-11-6-2-4-9-8(10)11/h2*9H,2-8H2,1H3;2-7H2,1H3. The van der Waals surface area contributed by atoms with Gasteiger partial charge in [0.05, 0.1) is 0 Å². The van der Waals surface area contributed by atoms with Gasteiger partial charge in [-0.2, -0.15) is 0 Å². The number of guanidine groups is 1. The summed E-state index contributed by atoms with van der Waals surface area (Å²) in [5.41, 5.74) is 0. The van der Waals surface area contributed by atoms with E-state index >= 15 is 0 Å². The Kier molecular flexibility index (Phi) is 10.1. The zero-order valence-corrected chi connectivity index (χ0v) is 22.9. The van der Waals surface area contributed by atoms with Gasteiger partial charge in [-0.3, -0.25) is 15.0 Å². The average Bonchev–Trinajstić information content (AvgIpc) is 3.21. The summed E-state index contributed by atoms with van der Waals surface area (Å²) < 4.78 is 0. The summed E-state index contributed by atoms with van der Waals surface area (Å²) in [6, 6.07) is 0. The van der Waals surface area contributed by atoms with Gasteiger partial charge in [0.25, 0.3) is 0 Å². The average molecular weight is 486 g/mol. The van der Waals surface area contributed by atoms with Crippen LogP contribution in [0.25, 0.3) is 0 Å². The number of nitrogens with zero attached hydrogens (tertiary/aromatic N) is 7. The third kappa shape index (κ3) is 7.36. The monoisotopic (exact) mass is 485 g/mol. The van der Waals surface area contributed by atoms with Crippen LogP contribution < -0.4 is 0 Å². The molecule has 198 valence electrons. The van der Waals surface area contributed by atoms with Gasteiger partial charge in [-0.15, -0.1) is 0 Å². The molecule has 3 saturated heterocycles. The molecule has 0 aromatic rings. The minimum absolute atomic E-state index is 0.716. The second kappa shape index (κ2) is 13.5. The molecule has 7 heteroatoms. The van der Waals surface area contributed by atoms with Crippen molar-refractivity contribution in [1.29, 1.82) is 0 Å². The van der Waals surface area contributed by atoms with Gasteiger partial charge < -0.3 is 19.6 Å². The maximum absolute atomic E-state index is 4.64. The molecule has 2 unspecified atom stereocenters. The van der Waals surface area contributed by atoms with Gasteiger partial charge >= 0.3 is 0 Å². The van der Waals surface area contributed by atoms with Crippen LogP contribution in [0.5, 0.6) is 0 Å². The van der Waals surface area contributed by atoms with Gasteiger partial charge in [-0.05, 0) is 51.4 Å². The molecule has 7 nitrogen and oxygen atoms in total. The van der Waals surface area contributed by atoms with Crippen molar-refractivity contribution in [3.63, 3.8) is 0 Å². The van der Waals surface area contributed by atoms with Crippen molar-refractivity contribution >= 4 is 17.6 Å². The van der Waals surface area contributed by atoms with Crippen LogP contribution in [0.4, 0.5) is 0 Å². The molecule has 6 heterocycles. The molecule has 0 aliphatic carbocycles. The highest BCUT2D eigenvalue weighted by Gasteiger charge is 2.24. The first-order chi connectivity index (χ1) is 17.1. The predicted molar refractivity (Wildman–Crippen MR) is 149 cm³/mol. The summed E-state index contributed by atoms with van der Waals surface area (Å²) in [7, 11) is 2.14. The lowest BCUT2D eigenvalue weighted by atomic mass is 10.0. The van der Waals surface area contributed by atoms with Crippen molar-refractivity contribution in [2.45, 2.75) is 78.1 Å². The number of fused-ring (bicyclic) bond motifs is 3. The van der Waals surface area contributed by atoms with E-state index < -0.39 is 0 Å². The Bertz CT molecular complexity index is 704. The Labute approximate surface area is 214 Å². The summed E-state index contributed by atoms with van der Waals surface area (Å²) in [5, 5.41) is 0. The van der Waals surface area contributed by atoms with Crippen LogP contribution in [-0.4, -0.2) is 110 Å². The largest absolute Gasteiger partial charge is 0.360 e. The van der Waals surface area contributed by atoms with E-state index in [4.69, 9.17) is 0 Å². The molecule has 6 aliphatic rings. The van der Waals surface area contributed by atoms with Gasteiger partial charge in [-0.1, -0.05) is 26.7 Å². The molecule has 2 atom stereocenters. The molecule has 0 aromatic heterocycles. The maximum Gasteiger partial charge on any atom is 0.196 e. The van der Waals surface area contributed by atoms with E-state index in [-0.39, 0.29) is 0 Å². The van der Waals surface area contributed by atoms with E-state index in [1.54, 1.807) is 0 Å². The van der Waals surface area contributed by atoms with Crippen molar-refractivity contribution in [2.24, 2.45) is 26.8 Å². The van der Waals surface area contributed by atoms with Crippen LogP contribution in [0, 0.1) is 11.8 Å². The Morgan fingerprint density at radius 2 is 0.971 bits per heavy atom. The second-order valence-electron chi connectivity index (χ2n) is 11.3. The fourth-order valence-corrected chi connectivity index (χ4v) is 6.31. The number of hydrogen-bond acceptors (Lipinski definition) is 7. The Hall–Kier alpha value is -1.79. The molecule has 35 heavy (non-hydrogen) atoms. The molecule has 0 bridgehead atoms. The highest BCUT2D eigenvalue weighted by atomic mass is 15.4. The first-order valence-corrected chi connectivity index (χ1v) is 14.7. The molecule has 0 spiro atoms. The molecule has 6 rings (SSSR count). The van der Waals surface area contributed by atoms with Crippen LogP contribution >= 0.6 is 0 Å². The van der Waals surface area contributed by atoms with Crippen LogP contribution in [0.3, 0.4) is 0 Å². The SMILES string of the molecule is CC1CCCCN2CCCN=C12.CC1CCCCN2CCCN=C12.CN1CCCN2CCCN=C12. The minimum atomic E-state index is 0.716. The van der Waals surface area contributed by atoms with Crippen LogP contribution in [0.2, 0.25) is 0 Å². The third-order valence-electron chi connectivity index (χ3n) is 8.26. The van der Waals surface area contributed by atoms with Crippen molar-refractivity contribution in [3.05, 3.63) is 0 Å². The Morgan fingerprint density at radius 1 is 0.514 bits per heavy atom. The number of rotatable bonds is 0. The fraction of sp³-hybridized carbons (Fsp3) is 0.893. The normalized spacial score (nSPS) is 28.7. The molecule has 6 aliphatic heterocycles. The van der Waals surface area contributed by atoms with Gasteiger partial charge in [0.1, 0.15) is 11.7 Å². The van der Waals surface area contributed by atoms with Crippen molar-refractivity contribution < 1.29 is 0 Å². The summed E-state index contributed by atoms with van der Waals surface area (Å²) in [5.74, 6) is 5.46. The first kappa shape index (κ1) is 26.3. The highest BCUT2D eigenvalue weighted by molar-refractivity contribution is 5.85. The molecule has 0 amide bonds. The van der Waals surface area contributed by atoms with E-state index in [0.29, 0.717) is 11.8 Å². The Morgan fingerprint density at radius 3 is 1.51 bits per heavy atom. The molecule has 3 fully saturated rings. The minimum Gasteiger partial charge on any atom is -0.360 e. The number of aliphatic imine (C=N–C) groups is 3. The van der Waals surface area contributed by atoms with Crippen molar-refractivity contribution in [2.75, 3.05) is 72.5 Å². The summed E-state index contributed by atoms with van der Waals surface area (Å²) in [4.78, 5) is 23.4. The first-order valence-electron chi connectivity index (χ1n) is 14.7. The zero-order valence-electron chi connectivity index (χ0n) is 22.9. The van der Waals surface area contributed by atoms with E-state index in [0.717, 1.165) is 19.6 Å². The number of hydrogen-bond donors (Lipinski definition) is 0. The van der Waals surface area contributed by atoms with Crippen molar-refractivity contribution in [1.82, 2.24) is 19.6 Å².